The van der Waals surface area contributed by atoms with Crippen LogP contribution in [0.15, 0.2) is 36.4 Å². The Hall–Kier alpha value is -4.55. The Balaban J connectivity index is 1.52. The molecule has 1 aromatic heterocycles. The van der Waals surface area contributed by atoms with E-state index in [9.17, 15) is 32.3 Å². The van der Waals surface area contributed by atoms with Crippen LogP contribution in [0.4, 0.5) is 13.2 Å². The fourth-order valence-electron chi connectivity index (χ4n) is 4.95. The highest BCUT2D eigenvalue weighted by Crippen LogP contribution is 2.27. The number of carbonyl (C=O) groups is 4. The van der Waals surface area contributed by atoms with E-state index in [1.54, 1.807) is 24.3 Å². The highest BCUT2D eigenvalue weighted by Gasteiger charge is 2.34. The molecule has 2 heterocycles. The third-order valence-electron chi connectivity index (χ3n) is 7.17. The van der Waals surface area contributed by atoms with Crippen molar-refractivity contribution >= 4 is 34.4 Å². The van der Waals surface area contributed by atoms with Crippen molar-refractivity contribution < 1.29 is 41.8 Å². The van der Waals surface area contributed by atoms with Crippen molar-refractivity contribution in [2.24, 2.45) is 11.8 Å². The van der Waals surface area contributed by atoms with Crippen LogP contribution in [0, 0.1) is 29.3 Å². The summed E-state index contributed by atoms with van der Waals surface area (Å²) in [6, 6.07) is 5.73. The number of benzene rings is 2. The van der Waals surface area contributed by atoms with Crippen LogP contribution in [0.2, 0.25) is 0 Å². The number of aromatic nitrogens is 1. The number of nitrogens with one attached hydrogen (secondary N) is 4. The van der Waals surface area contributed by atoms with E-state index in [-0.39, 0.29) is 30.4 Å². The van der Waals surface area contributed by atoms with Crippen LogP contribution in [0.5, 0.6) is 11.5 Å². The third kappa shape index (κ3) is 7.46. The molecule has 0 aliphatic carbocycles. The van der Waals surface area contributed by atoms with E-state index >= 15 is 0 Å². The number of aromatic amines is 1. The number of rotatable bonds is 13. The number of hydrogen-bond acceptors (Lipinski definition) is 6. The second-order valence-corrected chi connectivity index (χ2v) is 10.8. The molecule has 2 aromatic carbocycles. The number of H-pyrrole nitrogens is 1. The topological polar surface area (TPSA) is 139 Å². The lowest BCUT2D eigenvalue weighted by molar-refractivity contribution is -0.131. The predicted molar refractivity (Wildman–Crippen MR) is 150 cm³/mol. The van der Waals surface area contributed by atoms with E-state index in [4.69, 9.17) is 9.47 Å². The van der Waals surface area contributed by atoms with E-state index in [0.29, 0.717) is 41.8 Å². The SMILES string of the molecule is COc1cccc2[nH]c(C(=O)N[C@@H](CC(C)C)C(=O)N[C@@H](C[C@@H]3CCNC3=O)C(=O)COc3c(F)ccc(F)c3F)cc12. The van der Waals surface area contributed by atoms with Gasteiger partial charge in [0.1, 0.15) is 24.1 Å². The van der Waals surface area contributed by atoms with E-state index in [1.165, 1.54) is 7.11 Å². The average molecular weight is 603 g/mol. The molecule has 10 nitrogen and oxygen atoms in total. The maximum Gasteiger partial charge on any atom is 0.268 e. The van der Waals surface area contributed by atoms with Crippen LogP contribution in [0.3, 0.4) is 0 Å². The molecule has 43 heavy (non-hydrogen) atoms. The van der Waals surface area contributed by atoms with E-state index in [1.807, 2.05) is 13.8 Å². The van der Waals surface area contributed by atoms with Crippen LogP contribution >= 0.6 is 0 Å². The first-order valence-electron chi connectivity index (χ1n) is 13.8. The second-order valence-electron chi connectivity index (χ2n) is 10.8. The maximum atomic E-state index is 14.1. The molecule has 0 bridgehead atoms. The van der Waals surface area contributed by atoms with Crippen molar-refractivity contribution in [3.8, 4) is 11.5 Å². The summed E-state index contributed by atoms with van der Waals surface area (Å²) >= 11 is 0. The number of ether oxygens (including phenoxy) is 2. The van der Waals surface area contributed by atoms with Gasteiger partial charge in [0.25, 0.3) is 5.91 Å². The zero-order valence-corrected chi connectivity index (χ0v) is 23.9. The van der Waals surface area contributed by atoms with E-state index < -0.39 is 65.4 Å². The normalized spacial score (nSPS) is 16.1. The van der Waals surface area contributed by atoms with Crippen molar-refractivity contribution in [2.45, 2.75) is 45.2 Å². The average Bonchev–Trinajstić information content (AvgIpc) is 3.59. The van der Waals surface area contributed by atoms with Crippen LogP contribution in [0.1, 0.15) is 43.6 Å². The number of halogens is 3. The Morgan fingerprint density at radius 3 is 2.47 bits per heavy atom. The van der Waals surface area contributed by atoms with Crippen molar-refractivity contribution in [2.75, 3.05) is 20.3 Å². The summed E-state index contributed by atoms with van der Waals surface area (Å²) in [4.78, 5) is 55.1. The van der Waals surface area contributed by atoms with Gasteiger partial charge in [-0.1, -0.05) is 19.9 Å². The molecule has 1 aliphatic rings. The quantitative estimate of drug-likeness (QED) is 0.221. The molecule has 1 fully saturated rings. The Kier molecular flexibility index (Phi) is 9.94. The molecule has 230 valence electrons. The molecule has 13 heteroatoms. The van der Waals surface area contributed by atoms with Crippen LogP contribution in [-0.4, -0.2) is 60.8 Å². The molecular weight excluding hydrogens is 569 g/mol. The van der Waals surface area contributed by atoms with Crippen LogP contribution < -0.4 is 25.4 Å². The zero-order valence-electron chi connectivity index (χ0n) is 23.9. The van der Waals surface area contributed by atoms with Gasteiger partial charge in [0.15, 0.2) is 23.2 Å². The first kappa shape index (κ1) is 31.4. The first-order chi connectivity index (χ1) is 20.5. The summed E-state index contributed by atoms with van der Waals surface area (Å²) in [7, 11) is 1.51. The molecule has 1 saturated heterocycles. The van der Waals surface area contributed by atoms with Crippen molar-refractivity contribution in [1.29, 1.82) is 0 Å². The molecule has 3 aromatic rings. The molecule has 1 aliphatic heterocycles. The largest absolute Gasteiger partial charge is 0.496 e. The first-order valence-corrected chi connectivity index (χ1v) is 13.8. The van der Waals surface area contributed by atoms with Gasteiger partial charge in [-0.25, -0.2) is 8.78 Å². The van der Waals surface area contributed by atoms with Gasteiger partial charge in [-0.15, -0.1) is 0 Å². The number of carbonyl (C=O) groups excluding carboxylic acids is 4. The summed E-state index contributed by atoms with van der Waals surface area (Å²) < 4.78 is 52.1. The van der Waals surface area contributed by atoms with E-state index in [0.717, 1.165) is 0 Å². The van der Waals surface area contributed by atoms with Gasteiger partial charge >= 0.3 is 0 Å². The Morgan fingerprint density at radius 1 is 1.05 bits per heavy atom. The molecular formula is C30H33F3N4O6. The van der Waals surface area contributed by atoms with Gasteiger partial charge in [0.05, 0.1) is 13.2 Å². The predicted octanol–water partition coefficient (Wildman–Crippen LogP) is 3.40. The molecule has 0 radical (unpaired) electrons. The van der Waals surface area contributed by atoms with Gasteiger partial charge < -0.3 is 30.4 Å². The smallest absolute Gasteiger partial charge is 0.268 e. The maximum absolute atomic E-state index is 14.1. The number of methoxy groups -OCH3 is 1. The molecule has 4 rings (SSSR count). The summed E-state index contributed by atoms with van der Waals surface area (Å²) in [5.41, 5.74) is 0.838. The lowest BCUT2D eigenvalue weighted by atomic mass is 9.95. The molecule has 0 unspecified atom stereocenters. The summed E-state index contributed by atoms with van der Waals surface area (Å²) in [5, 5.41) is 8.62. The van der Waals surface area contributed by atoms with Crippen molar-refractivity contribution in [3.63, 3.8) is 0 Å². The van der Waals surface area contributed by atoms with Crippen LogP contribution in [0.25, 0.3) is 10.9 Å². The summed E-state index contributed by atoms with van der Waals surface area (Å²) in [5.74, 6) is -7.73. The van der Waals surface area contributed by atoms with Gasteiger partial charge in [-0.05, 0) is 55.5 Å². The number of Topliss-reactive ketones (excluding diaryl/α,β-unsaturated/α-hetero) is 1. The third-order valence-corrected chi connectivity index (χ3v) is 7.17. The molecule has 3 atom stereocenters. The number of amides is 3. The lowest BCUT2D eigenvalue weighted by Crippen LogP contribution is -2.53. The highest BCUT2D eigenvalue weighted by atomic mass is 19.2. The summed E-state index contributed by atoms with van der Waals surface area (Å²) in [6.45, 7) is 3.17. The Labute approximate surface area is 245 Å². The minimum atomic E-state index is -1.60. The highest BCUT2D eigenvalue weighted by molar-refractivity contribution is 6.02. The minimum Gasteiger partial charge on any atom is -0.496 e. The molecule has 0 saturated carbocycles. The van der Waals surface area contributed by atoms with Crippen molar-refractivity contribution in [1.82, 2.24) is 20.9 Å². The summed E-state index contributed by atoms with van der Waals surface area (Å²) in [6.07, 6.45) is 0.503. The molecule has 4 N–H and O–H groups in total. The second kappa shape index (κ2) is 13.6. The standard InChI is InChI=1S/C30H33F3N4O6/c1-15(2)11-22(37-30(41)23-13-17-20(35-23)5-4-6-25(17)42-3)29(40)36-21(12-16-9-10-34-28(16)39)24(38)14-43-27-19(32)8-7-18(31)26(27)33/h4-8,13,15-16,21-22,35H,9-12,14H2,1-3H3,(H,34,39)(H,36,40)(H,37,41)/t16-,21-,22-/m0/s1. The fraction of sp³-hybridized carbons (Fsp3) is 0.400. The monoisotopic (exact) mass is 602 g/mol. The number of fused-ring (bicyclic) bond motifs is 1. The Bertz CT molecular complexity index is 1530. The number of hydrogen-bond donors (Lipinski definition) is 4. The Morgan fingerprint density at radius 2 is 1.79 bits per heavy atom. The van der Waals surface area contributed by atoms with Gasteiger partial charge in [0.2, 0.25) is 17.6 Å². The molecule has 0 spiro atoms. The van der Waals surface area contributed by atoms with Gasteiger partial charge in [-0.2, -0.15) is 4.39 Å². The number of ketones is 1. The van der Waals surface area contributed by atoms with Crippen molar-refractivity contribution in [3.05, 3.63) is 59.5 Å². The minimum absolute atomic E-state index is 0.0455. The van der Waals surface area contributed by atoms with E-state index in [2.05, 4.69) is 20.9 Å². The van der Waals surface area contributed by atoms with Crippen LogP contribution in [-0.2, 0) is 14.4 Å². The van der Waals surface area contributed by atoms with Gasteiger partial charge in [-0.3, -0.25) is 19.2 Å². The molecule has 3 amide bonds. The zero-order chi connectivity index (χ0) is 31.3. The van der Waals surface area contributed by atoms with Gasteiger partial charge in [0, 0.05) is 23.4 Å². The fourth-order valence-corrected chi connectivity index (χ4v) is 4.95. The lowest BCUT2D eigenvalue weighted by Gasteiger charge is -2.25.